The van der Waals surface area contributed by atoms with Gasteiger partial charge < -0.3 is 10.0 Å². The molecule has 1 saturated heterocycles. The molecule has 0 bridgehead atoms. The van der Waals surface area contributed by atoms with Crippen LogP contribution in [0.5, 0.6) is 0 Å². The van der Waals surface area contributed by atoms with Crippen molar-refractivity contribution in [2.24, 2.45) is 0 Å². The summed E-state index contributed by atoms with van der Waals surface area (Å²) >= 11 is 0. The summed E-state index contributed by atoms with van der Waals surface area (Å²) in [6.45, 7) is 7.14. The smallest absolute Gasteiger partial charge is 0.254 e. The monoisotopic (exact) mass is 349 g/mol. The molecule has 0 unspecified atom stereocenters. The molecule has 1 N–H and O–H groups in total. The van der Waals surface area contributed by atoms with E-state index in [0.29, 0.717) is 25.9 Å². The van der Waals surface area contributed by atoms with E-state index in [4.69, 9.17) is 0 Å². The van der Waals surface area contributed by atoms with Crippen LogP contribution in [0, 0.1) is 6.92 Å². The van der Waals surface area contributed by atoms with Crippen LogP contribution in [-0.2, 0) is 10.4 Å². The number of piperidine rings is 1. The van der Waals surface area contributed by atoms with Gasteiger partial charge in [0.05, 0.1) is 5.60 Å². The Morgan fingerprint density at radius 1 is 0.962 bits per heavy atom. The van der Waals surface area contributed by atoms with Gasteiger partial charge in [-0.1, -0.05) is 60.2 Å². The van der Waals surface area contributed by atoms with E-state index in [0.717, 1.165) is 27.8 Å². The van der Waals surface area contributed by atoms with E-state index in [1.54, 1.807) is 0 Å². The number of carbonyl (C=O) groups excluding carboxylic acids is 1. The number of allylic oxidation sites excluding steroid dienone is 1. The standard InChI is InChI=1S/C23H27NO2/c1-17(2)21(20-12-8-7-9-18(20)3)22(25)24-15-13-23(26,14-16-24)19-10-5-4-6-11-19/h4-12,26H,13-16H2,1-3H3. The van der Waals surface area contributed by atoms with Crippen LogP contribution in [0.2, 0.25) is 0 Å². The van der Waals surface area contributed by atoms with Crippen molar-refractivity contribution >= 4 is 11.5 Å². The minimum Gasteiger partial charge on any atom is -0.385 e. The first-order valence-corrected chi connectivity index (χ1v) is 9.23. The Hall–Kier alpha value is -2.39. The Bertz CT molecular complexity index is 811. The lowest BCUT2D eigenvalue weighted by molar-refractivity contribution is -0.129. The Labute approximate surface area is 156 Å². The summed E-state index contributed by atoms with van der Waals surface area (Å²) in [6.07, 6.45) is 1.12. The van der Waals surface area contributed by atoms with Gasteiger partial charge in [0, 0.05) is 18.7 Å². The number of carbonyl (C=O) groups is 1. The summed E-state index contributed by atoms with van der Waals surface area (Å²) in [5, 5.41) is 11.0. The second-order valence-corrected chi connectivity index (χ2v) is 7.38. The van der Waals surface area contributed by atoms with Crippen LogP contribution in [0.15, 0.2) is 60.2 Å². The van der Waals surface area contributed by atoms with Crippen LogP contribution in [0.4, 0.5) is 0 Å². The first-order chi connectivity index (χ1) is 12.4. The largest absolute Gasteiger partial charge is 0.385 e. The van der Waals surface area contributed by atoms with E-state index in [-0.39, 0.29) is 5.91 Å². The first-order valence-electron chi connectivity index (χ1n) is 9.23. The number of benzene rings is 2. The summed E-state index contributed by atoms with van der Waals surface area (Å²) in [5.74, 6) is 0.0643. The Kier molecular flexibility index (Phi) is 5.28. The summed E-state index contributed by atoms with van der Waals surface area (Å²) in [7, 11) is 0. The zero-order valence-electron chi connectivity index (χ0n) is 15.8. The molecule has 0 spiro atoms. The van der Waals surface area contributed by atoms with Crippen molar-refractivity contribution in [2.75, 3.05) is 13.1 Å². The summed E-state index contributed by atoms with van der Waals surface area (Å²) in [6, 6.07) is 17.8. The molecular formula is C23H27NO2. The number of hydrogen-bond acceptors (Lipinski definition) is 2. The van der Waals surface area contributed by atoms with Crippen molar-refractivity contribution in [3.05, 3.63) is 76.9 Å². The van der Waals surface area contributed by atoms with Gasteiger partial charge in [0.1, 0.15) is 0 Å². The molecule has 1 aliphatic heterocycles. The molecule has 3 heteroatoms. The fraction of sp³-hybridized carbons (Fsp3) is 0.348. The predicted molar refractivity (Wildman–Crippen MR) is 106 cm³/mol. The maximum Gasteiger partial charge on any atom is 0.254 e. The number of hydrogen-bond donors (Lipinski definition) is 1. The van der Waals surface area contributed by atoms with Crippen molar-refractivity contribution in [3.8, 4) is 0 Å². The van der Waals surface area contributed by atoms with E-state index in [1.165, 1.54) is 0 Å². The van der Waals surface area contributed by atoms with Crippen LogP contribution in [0.1, 0.15) is 43.4 Å². The summed E-state index contributed by atoms with van der Waals surface area (Å²) in [5.41, 5.74) is 4.01. The third-order valence-corrected chi connectivity index (χ3v) is 5.32. The van der Waals surface area contributed by atoms with Crippen molar-refractivity contribution in [1.82, 2.24) is 4.90 Å². The predicted octanol–water partition coefficient (Wildman–Crippen LogP) is 4.30. The highest BCUT2D eigenvalue weighted by molar-refractivity contribution is 6.20. The average molecular weight is 349 g/mol. The number of aliphatic hydroxyl groups is 1. The molecule has 1 fully saturated rings. The lowest BCUT2D eigenvalue weighted by Crippen LogP contribution is -2.45. The van der Waals surface area contributed by atoms with Crippen molar-refractivity contribution in [1.29, 1.82) is 0 Å². The second-order valence-electron chi connectivity index (χ2n) is 7.38. The van der Waals surface area contributed by atoms with E-state index in [2.05, 4.69) is 0 Å². The molecular weight excluding hydrogens is 322 g/mol. The molecule has 0 saturated carbocycles. The van der Waals surface area contributed by atoms with E-state index >= 15 is 0 Å². The third-order valence-electron chi connectivity index (χ3n) is 5.32. The minimum absolute atomic E-state index is 0.0643. The normalized spacial score (nSPS) is 16.2. The zero-order valence-corrected chi connectivity index (χ0v) is 15.8. The van der Waals surface area contributed by atoms with Gasteiger partial charge in [0.25, 0.3) is 5.91 Å². The molecule has 0 aliphatic carbocycles. The Balaban J connectivity index is 1.79. The zero-order chi connectivity index (χ0) is 18.7. The highest BCUT2D eigenvalue weighted by Gasteiger charge is 2.36. The van der Waals surface area contributed by atoms with Gasteiger partial charge in [-0.05, 0) is 50.3 Å². The van der Waals surface area contributed by atoms with Crippen molar-refractivity contribution in [2.45, 2.75) is 39.2 Å². The van der Waals surface area contributed by atoms with Crippen LogP contribution < -0.4 is 0 Å². The second kappa shape index (κ2) is 7.46. The van der Waals surface area contributed by atoms with E-state index in [9.17, 15) is 9.90 Å². The average Bonchev–Trinajstić information content (AvgIpc) is 2.64. The lowest BCUT2D eigenvalue weighted by Gasteiger charge is -2.39. The number of aryl methyl sites for hydroxylation is 1. The maximum absolute atomic E-state index is 13.2. The molecule has 1 amide bonds. The van der Waals surface area contributed by atoms with Crippen LogP contribution in [-0.4, -0.2) is 29.0 Å². The molecule has 0 aromatic heterocycles. The molecule has 1 aliphatic rings. The highest BCUT2D eigenvalue weighted by Crippen LogP contribution is 2.34. The molecule has 3 nitrogen and oxygen atoms in total. The van der Waals surface area contributed by atoms with Crippen LogP contribution in [0.3, 0.4) is 0 Å². The topological polar surface area (TPSA) is 40.5 Å². The molecule has 136 valence electrons. The van der Waals surface area contributed by atoms with Crippen molar-refractivity contribution in [3.63, 3.8) is 0 Å². The van der Waals surface area contributed by atoms with Crippen LogP contribution in [0.25, 0.3) is 5.57 Å². The molecule has 1 heterocycles. The number of rotatable bonds is 3. The van der Waals surface area contributed by atoms with Gasteiger partial charge >= 0.3 is 0 Å². The molecule has 2 aromatic rings. The molecule has 2 aromatic carbocycles. The van der Waals surface area contributed by atoms with Gasteiger partial charge in [-0.15, -0.1) is 0 Å². The van der Waals surface area contributed by atoms with Gasteiger partial charge in [0.15, 0.2) is 0 Å². The van der Waals surface area contributed by atoms with Gasteiger partial charge in [0.2, 0.25) is 0 Å². The van der Waals surface area contributed by atoms with E-state index < -0.39 is 5.60 Å². The highest BCUT2D eigenvalue weighted by atomic mass is 16.3. The Morgan fingerprint density at radius 3 is 2.12 bits per heavy atom. The fourth-order valence-electron chi connectivity index (χ4n) is 3.73. The van der Waals surface area contributed by atoms with Gasteiger partial charge in [-0.25, -0.2) is 0 Å². The molecule has 3 rings (SSSR count). The lowest BCUT2D eigenvalue weighted by atomic mass is 9.84. The Morgan fingerprint density at radius 2 is 1.54 bits per heavy atom. The fourth-order valence-corrected chi connectivity index (χ4v) is 3.73. The quantitative estimate of drug-likeness (QED) is 0.840. The minimum atomic E-state index is -0.841. The molecule has 26 heavy (non-hydrogen) atoms. The summed E-state index contributed by atoms with van der Waals surface area (Å²) < 4.78 is 0. The third kappa shape index (κ3) is 3.58. The summed E-state index contributed by atoms with van der Waals surface area (Å²) in [4.78, 5) is 15.1. The van der Waals surface area contributed by atoms with Gasteiger partial charge in [-0.3, -0.25) is 4.79 Å². The maximum atomic E-state index is 13.2. The van der Waals surface area contributed by atoms with Crippen molar-refractivity contribution < 1.29 is 9.90 Å². The van der Waals surface area contributed by atoms with Crippen LogP contribution >= 0.6 is 0 Å². The number of likely N-dealkylation sites (tertiary alicyclic amines) is 1. The SMILES string of the molecule is CC(C)=C(C(=O)N1CCC(O)(c2ccccc2)CC1)c1ccccc1C. The molecule has 0 radical (unpaired) electrons. The first kappa shape index (κ1) is 18.4. The van der Waals surface area contributed by atoms with Gasteiger partial charge in [-0.2, -0.15) is 0 Å². The van der Waals surface area contributed by atoms with E-state index in [1.807, 2.05) is 80.3 Å². The number of amides is 1. The molecule has 0 atom stereocenters. The number of nitrogens with zero attached hydrogens (tertiary/aromatic N) is 1.